The highest BCUT2D eigenvalue weighted by Gasteiger charge is 2.43. The first-order valence-corrected chi connectivity index (χ1v) is 8.15. The molecule has 1 aliphatic heterocycles. The summed E-state index contributed by atoms with van der Waals surface area (Å²) in [4.78, 5) is 41.3. The van der Waals surface area contributed by atoms with Crippen molar-refractivity contribution in [3.63, 3.8) is 0 Å². The minimum Gasteiger partial charge on any atom is -0.326 e. The summed E-state index contributed by atoms with van der Waals surface area (Å²) in [5, 5.41) is 6.39. The Morgan fingerprint density at radius 3 is 2.80 bits per heavy atom. The number of benzene rings is 1. The summed E-state index contributed by atoms with van der Waals surface area (Å²) < 4.78 is 0. The molecule has 0 aliphatic carbocycles. The monoisotopic (exact) mass is 340 g/mol. The topological polar surface area (TPSA) is 91.4 Å². The highest BCUT2D eigenvalue weighted by atomic mass is 16.2. The highest BCUT2D eigenvalue weighted by molar-refractivity contribution is 6.06. The van der Waals surface area contributed by atoms with Crippen LogP contribution in [0.2, 0.25) is 0 Å². The number of urea groups is 1. The van der Waals surface area contributed by atoms with E-state index in [1.807, 2.05) is 24.3 Å². The number of anilines is 1. The van der Waals surface area contributed by atoms with Crippen molar-refractivity contribution in [3.05, 3.63) is 36.5 Å². The van der Waals surface area contributed by atoms with Crippen LogP contribution in [0.25, 0.3) is 10.9 Å². The van der Waals surface area contributed by atoms with E-state index in [0.29, 0.717) is 12.1 Å². The van der Waals surface area contributed by atoms with E-state index >= 15 is 0 Å². The lowest BCUT2D eigenvalue weighted by atomic mass is 10.1. The fourth-order valence-corrected chi connectivity index (χ4v) is 2.80. The van der Waals surface area contributed by atoms with E-state index in [-0.39, 0.29) is 24.8 Å². The fourth-order valence-electron chi connectivity index (χ4n) is 2.80. The summed E-state index contributed by atoms with van der Waals surface area (Å²) in [6, 6.07) is 8.87. The molecular formula is C18H20N4O3. The highest BCUT2D eigenvalue weighted by Crippen LogP contribution is 2.18. The minimum absolute atomic E-state index is 0.158. The first-order valence-electron chi connectivity index (χ1n) is 8.15. The number of imide groups is 1. The molecule has 25 heavy (non-hydrogen) atoms. The molecule has 1 aromatic heterocycles. The van der Waals surface area contributed by atoms with E-state index < -0.39 is 11.6 Å². The number of amides is 4. The molecule has 130 valence electrons. The zero-order valence-electron chi connectivity index (χ0n) is 14.2. The molecule has 2 heterocycles. The van der Waals surface area contributed by atoms with Crippen LogP contribution in [0.3, 0.4) is 0 Å². The summed E-state index contributed by atoms with van der Waals surface area (Å²) in [7, 11) is 0. The third-order valence-corrected chi connectivity index (χ3v) is 4.12. The Bertz CT molecular complexity index is 847. The Balaban J connectivity index is 1.53. The van der Waals surface area contributed by atoms with Crippen molar-refractivity contribution >= 4 is 34.4 Å². The van der Waals surface area contributed by atoms with E-state index in [2.05, 4.69) is 15.6 Å². The van der Waals surface area contributed by atoms with Crippen molar-refractivity contribution in [2.45, 2.75) is 32.2 Å². The van der Waals surface area contributed by atoms with Crippen LogP contribution in [-0.4, -0.2) is 39.8 Å². The van der Waals surface area contributed by atoms with Crippen LogP contribution in [0, 0.1) is 0 Å². The Labute approximate surface area is 145 Å². The maximum atomic E-state index is 12.1. The number of carbonyl (C=O) groups excluding carboxylic acids is 3. The molecule has 0 atom stereocenters. The summed E-state index contributed by atoms with van der Waals surface area (Å²) in [6.07, 6.45) is 2.36. The quantitative estimate of drug-likeness (QED) is 0.817. The normalized spacial score (nSPS) is 16.2. The minimum atomic E-state index is -0.877. The predicted molar refractivity (Wildman–Crippen MR) is 93.9 cm³/mol. The van der Waals surface area contributed by atoms with Gasteiger partial charge in [-0.3, -0.25) is 19.5 Å². The number of hydrogen-bond acceptors (Lipinski definition) is 4. The number of nitrogens with one attached hydrogen (secondary N) is 2. The number of pyridine rings is 1. The van der Waals surface area contributed by atoms with Gasteiger partial charge in [-0.1, -0.05) is 6.07 Å². The second-order valence-corrected chi connectivity index (χ2v) is 6.57. The maximum Gasteiger partial charge on any atom is 0.325 e. The number of aromatic nitrogens is 1. The molecule has 1 aliphatic rings. The standard InChI is InChI=1S/C18H20N4O3/c1-18(2)16(24)22(17(25)21-18)10-4-6-15(23)20-13-7-8-14-12(11-13)5-3-9-19-14/h3,5,7-9,11H,4,6,10H2,1-2H3,(H,20,23)(H,21,25). The Morgan fingerprint density at radius 1 is 1.28 bits per heavy atom. The molecule has 4 amide bonds. The third kappa shape index (κ3) is 3.60. The van der Waals surface area contributed by atoms with Gasteiger partial charge in [0.1, 0.15) is 5.54 Å². The average molecular weight is 340 g/mol. The predicted octanol–water partition coefficient (Wildman–Crippen LogP) is 2.28. The molecule has 1 saturated heterocycles. The van der Waals surface area contributed by atoms with Crippen LogP contribution < -0.4 is 10.6 Å². The van der Waals surface area contributed by atoms with Crippen LogP contribution in [0.4, 0.5) is 10.5 Å². The summed E-state index contributed by atoms with van der Waals surface area (Å²) in [5.74, 6) is -0.422. The third-order valence-electron chi connectivity index (χ3n) is 4.12. The van der Waals surface area contributed by atoms with Crippen molar-refractivity contribution in [1.82, 2.24) is 15.2 Å². The largest absolute Gasteiger partial charge is 0.326 e. The number of nitrogens with zero attached hydrogens (tertiary/aromatic N) is 2. The molecule has 0 spiro atoms. The molecule has 1 fully saturated rings. The van der Waals surface area contributed by atoms with E-state index in [1.165, 1.54) is 0 Å². The smallest absolute Gasteiger partial charge is 0.325 e. The van der Waals surface area contributed by atoms with Crippen molar-refractivity contribution in [2.24, 2.45) is 0 Å². The van der Waals surface area contributed by atoms with Gasteiger partial charge in [0.25, 0.3) is 5.91 Å². The van der Waals surface area contributed by atoms with Gasteiger partial charge >= 0.3 is 6.03 Å². The van der Waals surface area contributed by atoms with Gasteiger partial charge in [-0.2, -0.15) is 0 Å². The van der Waals surface area contributed by atoms with E-state index in [0.717, 1.165) is 15.8 Å². The first kappa shape index (κ1) is 16.9. The molecule has 1 aromatic carbocycles. The number of fused-ring (bicyclic) bond motifs is 1. The van der Waals surface area contributed by atoms with Crippen LogP contribution in [0.15, 0.2) is 36.5 Å². The van der Waals surface area contributed by atoms with E-state index in [4.69, 9.17) is 0 Å². The lowest BCUT2D eigenvalue weighted by Crippen LogP contribution is -2.40. The van der Waals surface area contributed by atoms with Gasteiger partial charge in [-0.25, -0.2) is 4.79 Å². The second kappa shape index (κ2) is 6.51. The van der Waals surface area contributed by atoms with Gasteiger partial charge < -0.3 is 10.6 Å². The summed E-state index contributed by atoms with van der Waals surface area (Å²) >= 11 is 0. The molecule has 0 radical (unpaired) electrons. The first-order chi connectivity index (χ1) is 11.9. The van der Waals surface area contributed by atoms with Gasteiger partial charge in [0, 0.05) is 30.2 Å². The van der Waals surface area contributed by atoms with Crippen LogP contribution >= 0.6 is 0 Å². The van der Waals surface area contributed by atoms with Gasteiger partial charge in [0.15, 0.2) is 0 Å². The van der Waals surface area contributed by atoms with E-state index in [9.17, 15) is 14.4 Å². The van der Waals surface area contributed by atoms with Crippen molar-refractivity contribution < 1.29 is 14.4 Å². The molecule has 2 N–H and O–H groups in total. The zero-order chi connectivity index (χ0) is 18.0. The number of carbonyl (C=O) groups is 3. The van der Waals surface area contributed by atoms with E-state index in [1.54, 1.807) is 26.1 Å². The second-order valence-electron chi connectivity index (χ2n) is 6.57. The molecule has 0 unspecified atom stereocenters. The lowest BCUT2D eigenvalue weighted by Gasteiger charge is -2.15. The number of hydrogen-bond donors (Lipinski definition) is 2. The fraction of sp³-hybridized carbons (Fsp3) is 0.333. The maximum absolute atomic E-state index is 12.1. The van der Waals surface area contributed by atoms with Gasteiger partial charge in [-0.15, -0.1) is 0 Å². The van der Waals surface area contributed by atoms with Crippen molar-refractivity contribution in [1.29, 1.82) is 0 Å². The molecule has 7 heteroatoms. The Morgan fingerprint density at radius 2 is 2.08 bits per heavy atom. The van der Waals surface area contributed by atoms with Gasteiger partial charge in [0.2, 0.25) is 5.91 Å². The Hall–Kier alpha value is -2.96. The molecule has 0 bridgehead atoms. The average Bonchev–Trinajstić information content (AvgIpc) is 2.76. The lowest BCUT2D eigenvalue weighted by molar-refractivity contribution is -0.130. The molecule has 2 aromatic rings. The van der Waals surface area contributed by atoms with Gasteiger partial charge in [0.05, 0.1) is 5.52 Å². The van der Waals surface area contributed by atoms with Crippen LogP contribution in [0.5, 0.6) is 0 Å². The van der Waals surface area contributed by atoms with Crippen LogP contribution in [0.1, 0.15) is 26.7 Å². The Kier molecular flexibility index (Phi) is 4.39. The van der Waals surface area contributed by atoms with Gasteiger partial charge in [-0.05, 0) is 44.5 Å². The molecule has 7 nitrogen and oxygen atoms in total. The summed E-state index contributed by atoms with van der Waals surface area (Å²) in [6.45, 7) is 3.55. The number of rotatable bonds is 5. The molecular weight excluding hydrogens is 320 g/mol. The molecule has 3 rings (SSSR count). The van der Waals surface area contributed by atoms with Crippen molar-refractivity contribution in [2.75, 3.05) is 11.9 Å². The zero-order valence-corrected chi connectivity index (χ0v) is 14.2. The van der Waals surface area contributed by atoms with Crippen LogP contribution in [-0.2, 0) is 9.59 Å². The summed E-state index contributed by atoms with van der Waals surface area (Å²) in [5.41, 5.74) is 0.682. The molecule has 0 saturated carbocycles. The van der Waals surface area contributed by atoms with Crippen molar-refractivity contribution in [3.8, 4) is 0 Å². The SMILES string of the molecule is CC1(C)NC(=O)N(CCCC(=O)Nc2ccc3ncccc3c2)C1=O.